The van der Waals surface area contributed by atoms with E-state index in [2.05, 4.69) is 21.6 Å². The van der Waals surface area contributed by atoms with Gasteiger partial charge in [0.25, 0.3) is 0 Å². The summed E-state index contributed by atoms with van der Waals surface area (Å²) in [5, 5.41) is 18.8. The zero-order chi connectivity index (χ0) is 12.1. The first-order chi connectivity index (χ1) is 8.33. The summed E-state index contributed by atoms with van der Waals surface area (Å²) in [6.07, 6.45) is 3.54. The molecule has 0 radical (unpaired) electrons. The molecule has 0 unspecified atom stereocenters. The molecular weight excluding hydrogens is 216 g/mol. The van der Waals surface area contributed by atoms with Gasteiger partial charge in [0.05, 0.1) is 24.6 Å². The summed E-state index contributed by atoms with van der Waals surface area (Å²) < 4.78 is 5.12. The maximum atomic E-state index is 8.99. The van der Waals surface area contributed by atoms with Gasteiger partial charge in [0.15, 0.2) is 0 Å². The third-order valence-corrected chi connectivity index (χ3v) is 2.39. The summed E-state index contributed by atoms with van der Waals surface area (Å²) >= 11 is 0. The highest BCUT2D eigenvalue weighted by Gasteiger charge is 2.04. The van der Waals surface area contributed by atoms with Crippen molar-refractivity contribution in [3.63, 3.8) is 0 Å². The van der Waals surface area contributed by atoms with E-state index in [1.165, 1.54) is 0 Å². The minimum Gasteiger partial charge on any atom is -0.497 e. The lowest BCUT2D eigenvalue weighted by Gasteiger charge is -2.08. The smallest absolute Gasteiger partial charge is 0.121 e. The van der Waals surface area contributed by atoms with Crippen molar-refractivity contribution < 1.29 is 4.74 Å². The number of aromatic amines is 1. The number of methoxy groups -OCH3 is 1. The highest BCUT2D eigenvalue weighted by atomic mass is 16.5. The van der Waals surface area contributed by atoms with Gasteiger partial charge in [0.2, 0.25) is 0 Å². The Morgan fingerprint density at radius 1 is 1.53 bits per heavy atom. The first kappa shape index (κ1) is 11.0. The van der Waals surface area contributed by atoms with Crippen LogP contribution < -0.4 is 10.1 Å². The molecule has 1 aromatic carbocycles. The summed E-state index contributed by atoms with van der Waals surface area (Å²) in [7, 11) is 1.60. The lowest BCUT2D eigenvalue weighted by atomic mass is 10.2. The van der Waals surface area contributed by atoms with Crippen LogP contribution in [-0.4, -0.2) is 17.3 Å². The fraction of sp³-hybridized carbons (Fsp3) is 0.167. The van der Waals surface area contributed by atoms with Gasteiger partial charge in [-0.2, -0.15) is 10.4 Å². The predicted molar refractivity (Wildman–Crippen MR) is 63.6 cm³/mol. The molecule has 1 aromatic heterocycles. The van der Waals surface area contributed by atoms with Crippen LogP contribution in [0.25, 0.3) is 0 Å². The number of rotatable bonds is 4. The van der Waals surface area contributed by atoms with Crippen LogP contribution in [0, 0.1) is 11.3 Å². The highest BCUT2D eigenvalue weighted by molar-refractivity contribution is 5.60. The number of nitriles is 1. The third kappa shape index (κ3) is 2.55. The first-order valence-electron chi connectivity index (χ1n) is 5.13. The molecule has 0 aliphatic heterocycles. The van der Waals surface area contributed by atoms with E-state index in [-0.39, 0.29) is 0 Å². The zero-order valence-corrected chi connectivity index (χ0v) is 9.40. The second-order valence-corrected chi connectivity index (χ2v) is 3.48. The number of hydrogen-bond acceptors (Lipinski definition) is 4. The second-order valence-electron chi connectivity index (χ2n) is 3.48. The Balaban J connectivity index is 2.16. The molecule has 2 aromatic rings. The minimum atomic E-state index is 0.592. The molecule has 5 heteroatoms. The Kier molecular flexibility index (Phi) is 3.26. The van der Waals surface area contributed by atoms with Crippen LogP contribution in [0.3, 0.4) is 0 Å². The Labute approximate surface area is 99.0 Å². The largest absolute Gasteiger partial charge is 0.497 e. The van der Waals surface area contributed by atoms with Gasteiger partial charge in [-0.1, -0.05) is 0 Å². The summed E-state index contributed by atoms with van der Waals surface area (Å²) in [5.74, 6) is 0.721. The molecule has 0 saturated heterocycles. The summed E-state index contributed by atoms with van der Waals surface area (Å²) in [4.78, 5) is 0. The van der Waals surface area contributed by atoms with Crippen molar-refractivity contribution >= 4 is 5.69 Å². The molecule has 1 heterocycles. The van der Waals surface area contributed by atoms with E-state index in [1.54, 1.807) is 37.7 Å². The molecule has 2 N–H and O–H groups in total. The van der Waals surface area contributed by atoms with Crippen LogP contribution in [0.5, 0.6) is 5.75 Å². The number of H-pyrrole nitrogens is 1. The normalized spacial score (nSPS) is 9.65. The van der Waals surface area contributed by atoms with Crippen LogP contribution >= 0.6 is 0 Å². The molecule has 0 saturated carbocycles. The van der Waals surface area contributed by atoms with Crippen LogP contribution in [0.15, 0.2) is 30.6 Å². The van der Waals surface area contributed by atoms with Crippen molar-refractivity contribution in [1.29, 1.82) is 5.26 Å². The molecule has 0 spiro atoms. The molecule has 5 nitrogen and oxygen atoms in total. The molecule has 17 heavy (non-hydrogen) atoms. The fourth-order valence-corrected chi connectivity index (χ4v) is 1.47. The predicted octanol–water partition coefficient (Wildman–Crippen LogP) is 1.90. The SMILES string of the molecule is COc1ccc(C#N)c(NCc2cn[nH]c2)c1. The monoisotopic (exact) mass is 228 g/mol. The van der Waals surface area contributed by atoms with E-state index < -0.39 is 0 Å². The maximum Gasteiger partial charge on any atom is 0.121 e. The van der Waals surface area contributed by atoms with Gasteiger partial charge in [-0.3, -0.25) is 5.10 Å². The number of nitrogens with zero attached hydrogens (tertiary/aromatic N) is 2. The number of nitrogens with one attached hydrogen (secondary N) is 2. The molecule has 86 valence electrons. The quantitative estimate of drug-likeness (QED) is 0.838. The van der Waals surface area contributed by atoms with Gasteiger partial charge in [0, 0.05) is 24.4 Å². The molecular formula is C12H12N4O. The van der Waals surface area contributed by atoms with Gasteiger partial charge in [-0.25, -0.2) is 0 Å². The Morgan fingerprint density at radius 2 is 2.41 bits per heavy atom. The number of aromatic nitrogens is 2. The fourth-order valence-electron chi connectivity index (χ4n) is 1.47. The van der Waals surface area contributed by atoms with Gasteiger partial charge in [-0.15, -0.1) is 0 Å². The average Bonchev–Trinajstić information content (AvgIpc) is 2.89. The number of hydrogen-bond donors (Lipinski definition) is 2. The molecule has 0 aliphatic carbocycles. The number of benzene rings is 1. The molecule has 0 fully saturated rings. The zero-order valence-electron chi connectivity index (χ0n) is 9.40. The van der Waals surface area contributed by atoms with Crippen molar-refractivity contribution in [1.82, 2.24) is 10.2 Å². The van der Waals surface area contributed by atoms with Crippen LogP contribution in [-0.2, 0) is 6.54 Å². The van der Waals surface area contributed by atoms with E-state index >= 15 is 0 Å². The number of anilines is 1. The second kappa shape index (κ2) is 5.03. The third-order valence-electron chi connectivity index (χ3n) is 2.39. The maximum absolute atomic E-state index is 8.99. The summed E-state index contributed by atoms with van der Waals surface area (Å²) in [6, 6.07) is 7.44. The van der Waals surface area contributed by atoms with Crippen LogP contribution in [0.2, 0.25) is 0 Å². The van der Waals surface area contributed by atoms with Crippen molar-refractivity contribution in [2.24, 2.45) is 0 Å². The van der Waals surface area contributed by atoms with E-state index in [4.69, 9.17) is 10.00 Å². The van der Waals surface area contributed by atoms with E-state index in [0.717, 1.165) is 17.0 Å². The van der Waals surface area contributed by atoms with Gasteiger partial charge >= 0.3 is 0 Å². The molecule has 0 amide bonds. The van der Waals surface area contributed by atoms with Crippen molar-refractivity contribution in [2.75, 3.05) is 12.4 Å². The van der Waals surface area contributed by atoms with Crippen LogP contribution in [0.4, 0.5) is 5.69 Å². The van der Waals surface area contributed by atoms with Crippen molar-refractivity contribution in [3.8, 4) is 11.8 Å². The lowest BCUT2D eigenvalue weighted by molar-refractivity contribution is 0.415. The topological polar surface area (TPSA) is 73.7 Å². The Hall–Kier alpha value is -2.48. The van der Waals surface area contributed by atoms with E-state index in [1.807, 2.05) is 0 Å². The van der Waals surface area contributed by atoms with Crippen molar-refractivity contribution in [2.45, 2.75) is 6.54 Å². The molecule has 0 bridgehead atoms. The van der Waals surface area contributed by atoms with E-state index in [0.29, 0.717) is 12.1 Å². The lowest BCUT2D eigenvalue weighted by Crippen LogP contribution is -2.00. The Bertz CT molecular complexity index is 528. The standard InChI is InChI=1S/C12H12N4O/c1-17-11-3-2-10(5-13)12(4-11)14-6-9-7-15-16-8-9/h2-4,7-8,14H,6H2,1H3,(H,15,16). The summed E-state index contributed by atoms with van der Waals surface area (Å²) in [5.41, 5.74) is 2.37. The summed E-state index contributed by atoms with van der Waals surface area (Å²) in [6.45, 7) is 0.609. The minimum absolute atomic E-state index is 0.592. The van der Waals surface area contributed by atoms with Gasteiger partial charge in [0.1, 0.15) is 11.8 Å². The highest BCUT2D eigenvalue weighted by Crippen LogP contribution is 2.22. The molecule has 0 atom stereocenters. The number of ether oxygens (including phenoxy) is 1. The van der Waals surface area contributed by atoms with E-state index in [9.17, 15) is 0 Å². The van der Waals surface area contributed by atoms with Gasteiger partial charge in [-0.05, 0) is 12.1 Å². The van der Waals surface area contributed by atoms with Gasteiger partial charge < -0.3 is 10.1 Å². The Morgan fingerprint density at radius 3 is 3.06 bits per heavy atom. The van der Waals surface area contributed by atoms with Crippen LogP contribution in [0.1, 0.15) is 11.1 Å². The molecule has 0 aliphatic rings. The first-order valence-corrected chi connectivity index (χ1v) is 5.13. The average molecular weight is 228 g/mol. The van der Waals surface area contributed by atoms with Crippen molar-refractivity contribution in [3.05, 3.63) is 41.7 Å². The molecule has 2 rings (SSSR count).